The molecule has 5 heteroatoms. The molecule has 2 heterocycles. The molecule has 2 fully saturated rings. The number of rotatable bonds is 7. The number of nitrogens with one attached hydrogen (secondary N) is 2. The van der Waals surface area contributed by atoms with E-state index in [1.165, 1.54) is 36.8 Å². The minimum absolute atomic E-state index is 0.261. The summed E-state index contributed by atoms with van der Waals surface area (Å²) in [4.78, 5) is 4.75. The minimum atomic E-state index is 0.261. The first-order chi connectivity index (χ1) is 13.3. The lowest BCUT2D eigenvalue weighted by Gasteiger charge is -2.25. The normalized spacial score (nSPS) is 29.6. The van der Waals surface area contributed by atoms with Gasteiger partial charge in [0.15, 0.2) is 5.96 Å². The van der Waals surface area contributed by atoms with Gasteiger partial charge in [0.1, 0.15) is 0 Å². The quantitative estimate of drug-likeness (QED) is 0.438. The zero-order chi connectivity index (χ0) is 18.5. The maximum absolute atomic E-state index is 6.19. The molecule has 148 valence electrons. The number of ether oxygens (including phenoxy) is 2. The molecule has 3 aliphatic rings. The second-order valence-electron chi connectivity index (χ2n) is 7.93. The fourth-order valence-electron chi connectivity index (χ4n) is 4.65. The zero-order valence-corrected chi connectivity index (χ0v) is 16.5. The standard InChI is InChI=1S/C22H33N3O2/c1-2-23-22(25-19-15-17-11-12-21(19)27-17)24-13-6-14-26-20-10-5-8-16-7-3-4-9-18(16)20/h3-4,7,9,17,19-21H,2,5-6,8,10-15H2,1H3,(H2,23,24,25). The Kier molecular flexibility index (Phi) is 6.30. The van der Waals surface area contributed by atoms with E-state index in [2.05, 4.69) is 41.8 Å². The molecule has 2 bridgehead atoms. The van der Waals surface area contributed by atoms with E-state index < -0.39 is 0 Å². The van der Waals surface area contributed by atoms with E-state index in [4.69, 9.17) is 14.5 Å². The molecular formula is C22H33N3O2. The molecule has 2 saturated heterocycles. The summed E-state index contributed by atoms with van der Waals surface area (Å²) in [5, 5.41) is 6.94. The number of aliphatic imine (C=N–C) groups is 1. The summed E-state index contributed by atoms with van der Waals surface area (Å²) in [7, 11) is 0. The molecule has 0 saturated carbocycles. The van der Waals surface area contributed by atoms with Gasteiger partial charge < -0.3 is 20.1 Å². The summed E-state index contributed by atoms with van der Waals surface area (Å²) in [6.07, 6.45) is 9.09. The van der Waals surface area contributed by atoms with Crippen molar-refractivity contribution in [3.05, 3.63) is 35.4 Å². The van der Waals surface area contributed by atoms with Crippen molar-refractivity contribution in [2.45, 2.75) is 76.2 Å². The van der Waals surface area contributed by atoms with Crippen LogP contribution in [0.5, 0.6) is 0 Å². The van der Waals surface area contributed by atoms with Gasteiger partial charge in [-0.1, -0.05) is 24.3 Å². The molecule has 0 radical (unpaired) electrons. The van der Waals surface area contributed by atoms with Gasteiger partial charge in [0.05, 0.1) is 24.4 Å². The van der Waals surface area contributed by atoms with Crippen molar-refractivity contribution >= 4 is 5.96 Å². The Hall–Kier alpha value is -1.59. The third-order valence-electron chi connectivity index (χ3n) is 5.98. The lowest BCUT2D eigenvalue weighted by Crippen LogP contribution is -2.47. The summed E-state index contributed by atoms with van der Waals surface area (Å²) < 4.78 is 12.1. The number of aryl methyl sites for hydroxylation is 1. The van der Waals surface area contributed by atoms with E-state index >= 15 is 0 Å². The van der Waals surface area contributed by atoms with Crippen molar-refractivity contribution in [2.24, 2.45) is 4.99 Å². The van der Waals surface area contributed by atoms with Gasteiger partial charge >= 0.3 is 0 Å². The summed E-state index contributed by atoms with van der Waals surface area (Å²) in [6.45, 7) is 4.53. The van der Waals surface area contributed by atoms with Crippen molar-refractivity contribution in [2.75, 3.05) is 19.7 Å². The molecule has 1 aromatic carbocycles. The molecule has 27 heavy (non-hydrogen) atoms. The Labute approximate surface area is 162 Å². The highest BCUT2D eigenvalue weighted by molar-refractivity contribution is 5.80. The number of fused-ring (bicyclic) bond motifs is 3. The molecule has 1 aliphatic carbocycles. The highest BCUT2D eigenvalue weighted by atomic mass is 16.5. The van der Waals surface area contributed by atoms with E-state index in [9.17, 15) is 0 Å². The van der Waals surface area contributed by atoms with E-state index in [1.807, 2.05) is 0 Å². The van der Waals surface area contributed by atoms with Crippen LogP contribution >= 0.6 is 0 Å². The van der Waals surface area contributed by atoms with Crippen molar-refractivity contribution in [3.8, 4) is 0 Å². The molecule has 4 rings (SSSR count). The van der Waals surface area contributed by atoms with Gasteiger partial charge in [-0.15, -0.1) is 0 Å². The summed E-state index contributed by atoms with van der Waals surface area (Å²) in [5.41, 5.74) is 2.84. The molecule has 4 unspecified atom stereocenters. The number of guanidine groups is 1. The third kappa shape index (κ3) is 4.64. The predicted octanol–water partition coefficient (Wildman–Crippen LogP) is 3.35. The Morgan fingerprint density at radius 3 is 3.00 bits per heavy atom. The van der Waals surface area contributed by atoms with Gasteiger partial charge in [0.25, 0.3) is 0 Å². The highest BCUT2D eigenvalue weighted by Gasteiger charge is 2.41. The fraction of sp³-hybridized carbons (Fsp3) is 0.682. The van der Waals surface area contributed by atoms with Crippen molar-refractivity contribution < 1.29 is 9.47 Å². The Balaban J connectivity index is 1.22. The third-order valence-corrected chi connectivity index (χ3v) is 5.98. The van der Waals surface area contributed by atoms with Crippen LogP contribution in [-0.2, 0) is 15.9 Å². The Bertz CT molecular complexity index is 648. The molecule has 0 aromatic heterocycles. The number of hydrogen-bond donors (Lipinski definition) is 2. The van der Waals surface area contributed by atoms with Crippen molar-refractivity contribution in [1.29, 1.82) is 0 Å². The number of nitrogens with zero attached hydrogens (tertiary/aromatic N) is 1. The molecule has 4 atom stereocenters. The zero-order valence-electron chi connectivity index (χ0n) is 16.5. The van der Waals surface area contributed by atoms with Crippen LogP contribution in [0.2, 0.25) is 0 Å². The molecule has 1 aromatic rings. The van der Waals surface area contributed by atoms with Gasteiger partial charge in [0, 0.05) is 19.7 Å². The molecule has 2 aliphatic heterocycles. The Morgan fingerprint density at radius 1 is 1.26 bits per heavy atom. The van der Waals surface area contributed by atoms with Crippen LogP contribution in [0.1, 0.15) is 62.7 Å². The average Bonchev–Trinajstić information content (AvgIpc) is 3.31. The monoisotopic (exact) mass is 371 g/mol. The van der Waals surface area contributed by atoms with Crippen molar-refractivity contribution in [3.63, 3.8) is 0 Å². The number of benzene rings is 1. The summed E-state index contributed by atoms with van der Waals surface area (Å²) in [6, 6.07) is 9.13. The summed E-state index contributed by atoms with van der Waals surface area (Å²) >= 11 is 0. The minimum Gasteiger partial charge on any atom is -0.373 e. The largest absolute Gasteiger partial charge is 0.373 e. The van der Waals surface area contributed by atoms with E-state index in [1.54, 1.807) is 0 Å². The predicted molar refractivity (Wildman–Crippen MR) is 108 cm³/mol. The van der Waals surface area contributed by atoms with Crippen LogP contribution in [0, 0.1) is 0 Å². The van der Waals surface area contributed by atoms with Crippen molar-refractivity contribution in [1.82, 2.24) is 10.6 Å². The van der Waals surface area contributed by atoms with Gasteiger partial charge in [-0.05, 0) is 63.0 Å². The molecule has 2 N–H and O–H groups in total. The van der Waals surface area contributed by atoms with E-state index in [-0.39, 0.29) is 6.10 Å². The van der Waals surface area contributed by atoms with Crippen LogP contribution in [0.15, 0.2) is 29.3 Å². The first kappa shape index (κ1) is 18.8. The first-order valence-corrected chi connectivity index (χ1v) is 10.7. The maximum atomic E-state index is 6.19. The van der Waals surface area contributed by atoms with Crippen LogP contribution in [0.3, 0.4) is 0 Å². The molecule has 0 amide bonds. The average molecular weight is 372 g/mol. The van der Waals surface area contributed by atoms with Crippen LogP contribution in [0.4, 0.5) is 0 Å². The Morgan fingerprint density at radius 2 is 2.19 bits per heavy atom. The van der Waals surface area contributed by atoms with E-state index in [0.29, 0.717) is 18.2 Å². The van der Waals surface area contributed by atoms with E-state index in [0.717, 1.165) is 44.9 Å². The topological polar surface area (TPSA) is 54.9 Å². The van der Waals surface area contributed by atoms with Crippen LogP contribution in [-0.4, -0.2) is 43.9 Å². The van der Waals surface area contributed by atoms with Crippen LogP contribution < -0.4 is 10.6 Å². The molecule has 5 nitrogen and oxygen atoms in total. The lowest BCUT2D eigenvalue weighted by molar-refractivity contribution is 0.0402. The summed E-state index contributed by atoms with van der Waals surface area (Å²) in [5.74, 6) is 0.918. The maximum Gasteiger partial charge on any atom is 0.191 e. The number of hydrogen-bond acceptors (Lipinski definition) is 3. The second kappa shape index (κ2) is 9.07. The fourth-order valence-corrected chi connectivity index (χ4v) is 4.65. The van der Waals surface area contributed by atoms with Gasteiger partial charge in [0.2, 0.25) is 0 Å². The first-order valence-electron chi connectivity index (χ1n) is 10.7. The smallest absolute Gasteiger partial charge is 0.191 e. The van der Waals surface area contributed by atoms with Crippen LogP contribution in [0.25, 0.3) is 0 Å². The molecular weight excluding hydrogens is 338 g/mol. The van der Waals surface area contributed by atoms with Gasteiger partial charge in [-0.25, -0.2) is 0 Å². The second-order valence-corrected chi connectivity index (χ2v) is 7.93. The van der Waals surface area contributed by atoms with Gasteiger partial charge in [-0.2, -0.15) is 0 Å². The highest BCUT2D eigenvalue weighted by Crippen LogP contribution is 2.34. The lowest BCUT2D eigenvalue weighted by atomic mass is 9.89. The van der Waals surface area contributed by atoms with Gasteiger partial charge in [-0.3, -0.25) is 4.99 Å². The SMILES string of the molecule is CCNC(=NCCCOC1CCCc2ccccc21)NC1CC2CCC1O2. The molecule has 0 spiro atoms.